The lowest BCUT2D eigenvalue weighted by Gasteiger charge is -2.06. The van der Waals surface area contributed by atoms with Crippen LogP contribution in [0.3, 0.4) is 0 Å². The highest BCUT2D eigenvalue weighted by molar-refractivity contribution is 7.21. The minimum Gasteiger partial charge on any atom is -0.397 e. The Kier molecular flexibility index (Phi) is 3.22. The third-order valence-electron chi connectivity index (χ3n) is 2.83. The number of para-hydroxylation sites is 1. The molecule has 3 rings (SSSR count). The molecule has 3 aromatic rings. The molecule has 0 fully saturated rings. The largest absolute Gasteiger partial charge is 0.397 e. The molecule has 1 aromatic carbocycles. The van der Waals surface area contributed by atoms with Crippen LogP contribution in [-0.4, -0.2) is 16.1 Å². The van der Waals surface area contributed by atoms with Crippen molar-refractivity contribution in [2.24, 2.45) is 0 Å². The van der Waals surface area contributed by atoms with Gasteiger partial charge in [-0.05, 0) is 18.2 Å². The van der Waals surface area contributed by atoms with Gasteiger partial charge in [-0.2, -0.15) is 5.10 Å². The summed E-state index contributed by atoms with van der Waals surface area (Å²) in [6, 6.07) is 4.94. The van der Waals surface area contributed by atoms with E-state index in [0.717, 1.165) is 23.5 Å². The lowest BCUT2D eigenvalue weighted by molar-refractivity contribution is 0.103. The summed E-state index contributed by atoms with van der Waals surface area (Å²) in [7, 11) is 0. The van der Waals surface area contributed by atoms with E-state index >= 15 is 0 Å². The number of nitrogens with one attached hydrogen (secondary N) is 1. The van der Waals surface area contributed by atoms with Crippen molar-refractivity contribution in [3.05, 3.63) is 47.0 Å². The number of fused-ring (bicyclic) bond motifs is 1. The molecule has 0 aliphatic carbocycles. The molecule has 0 atom stereocenters. The zero-order valence-corrected chi connectivity index (χ0v) is 11.2. The van der Waals surface area contributed by atoms with Gasteiger partial charge in [0.05, 0.1) is 11.9 Å². The van der Waals surface area contributed by atoms with E-state index in [1.165, 1.54) is 12.3 Å². The van der Waals surface area contributed by atoms with Gasteiger partial charge in [-0.3, -0.25) is 4.79 Å². The van der Waals surface area contributed by atoms with E-state index in [1.807, 2.05) is 0 Å². The number of hydrogen-bond donors (Lipinski definition) is 2. The maximum atomic E-state index is 13.5. The average Bonchev–Trinajstić information content (AvgIpc) is 2.81. The number of halogens is 2. The van der Waals surface area contributed by atoms with E-state index in [4.69, 9.17) is 5.73 Å². The topological polar surface area (TPSA) is 80.9 Å². The number of aromatic nitrogens is 2. The Bertz CT molecular complexity index is 829. The SMILES string of the molecule is Nc1c(C(=O)Nc2c(F)cccc2F)sc2nnccc12. The summed E-state index contributed by atoms with van der Waals surface area (Å²) in [6.07, 6.45) is 1.45. The molecule has 5 nitrogen and oxygen atoms in total. The fourth-order valence-electron chi connectivity index (χ4n) is 1.83. The summed E-state index contributed by atoms with van der Waals surface area (Å²) in [5, 5.41) is 10.3. The first kappa shape index (κ1) is 13.4. The van der Waals surface area contributed by atoms with Gasteiger partial charge in [0.2, 0.25) is 0 Å². The molecule has 0 saturated carbocycles. The monoisotopic (exact) mass is 306 g/mol. The fourth-order valence-corrected chi connectivity index (χ4v) is 2.76. The molecule has 0 spiro atoms. The maximum absolute atomic E-state index is 13.5. The molecule has 21 heavy (non-hydrogen) atoms. The van der Waals surface area contributed by atoms with E-state index in [-0.39, 0.29) is 10.6 Å². The summed E-state index contributed by atoms with van der Waals surface area (Å²) in [5.74, 6) is -2.41. The van der Waals surface area contributed by atoms with Gasteiger partial charge in [-0.15, -0.1) is 16.4 Å². The molecule has 0 bridgehead atoms. The van der Waals surface area contributed by atoms with Crippen LogP contribution >= 0.6 is 11.3 Å². The minimum absolute atomic E-state index is 0.133. The number of nitrogens with zero attached hydrogens (tertiary/aromatic N) is 2. The second kappa shape index (κ2) is 5.06. The number of carbonyl (C=O) groups is 1. The zero-order chi connectivity index (χ0) is 15.0. The number of benzene rings is 1. The van der Waals surface area contributed by atoms with Gasteiger partial charge in [0, 0.05) is 5.39 Å². The van der Waals surface area contributed by atoms with Crippen LogP contribution in [-0.2, 0) is 0 Å². The number of rotatable bonds is 2. The van der Waals surface area contributed by atoms with Crippen LogP contribution in [0, 0.1) is 11.6 Å². The van der Waals surface area contributed by atoms with E-state index in [1.54, 1.807) is 6.07 Å². The highest BCUT2D eigenvalue weighted by Gasteiger charge is 2.19. The minimum atomic E-state index is -0.858. The number of thiophene rings is 1. The number of amides is 1. The van der Waals surface area contributed by atoms with Gasteiger partial charge >= 0.3 is 0 Å². The summed E-state index contributed by atoms with van der Waals surface area (Å²) >= 11 is 1.01. The molecular weight excluding hydrogens is 298 g/mol. The lowest BCUT2D eigenvalue weighted by Crippen LogP contribution is -2.14. The Balaban J connectivity index is 2.00. The van der Waals surface area contributed by atoms with Crippen LogP contribution in [0.4, 0.5) is 20.2 Å². The standard InChI is InChI=1S/C13H8F2N4OS/c14-7-2-1-3-8(15)10(7)18-12(20)11-9(16)6-4-5-17-19-13(6)21-11/h1-5H,16H2,(H,18,20). The first-order chi connectivity index (χ1) is 10.1. The number of hydrogen-bond acceptors (Lipinski definition) is 5. The van der Waals surface area contributed by atoms with Gasteiger partial charge in [0.25, 0.3) is 5.91 Å². The van der Waals surface area contributed by atoms with Crippen molar-refractivity contribution in [3.63, 3.8) is 0 Å². The number of anilines is 2. The molecule has 0 radical (unpaired) electrons. The van der Waals surface area contributed by atoms with E-state index in [2.05, 4.69) is 15.5 Å². The highest BCUT2D eigenvalue weighted by atomic mass is 32.1. The Morgan fingerprint density at radius 2 is 1.95 bits per heavy atom. The first-order valence-electron chi connectivity index (χ1n) is 5.83. The van der Waals surface area contributed by atoms with E-state index in [0.29, 0.717) is 10.2 Å². The Labute approximate surface area is 121 Å². The predicted octanol–water partition coefficient (Wildman–Crippen LogP) is 2.80. The summed E-state index contributed by atoms with van der Waals surface area (Å²) in [5.41, 5.74) is 5.56. The first-order valence-corrected chi connectivity index (χ1v) is 6.64. The molecule has 106 valence electrons. The highest BCUT2D eigenvalue weighted by Crippen LogP contribution is 2.32. The second-order valence-electron chi connectivity index (χ2n) is 4.15. The van der Waals surface area contributed by atoms with Gasteiger partial charge in [0.1, 0.15) is 27.0 Å². The fraction of sp³-hybridized carbons (Fsp3) is 0. The van der Waals surface area contributed by atoms with Crippen molar-refractivity contribution < 1.29 is 13.6 Å². The maximum Gasteiger partial charge on any atom is 0.268 e. The molecule has 2 aromatic heterocycles. The quantitative estimate of drug-likeness (QED) is 0.763. The lowest BCUT2D eigenvalue weighted by atomic mass is 10.2. The smallest absolute Gasteiger partial charge is 0.268 e. The van der Waals surface area contributed by atoms with Gasteiger partial charge < -0.3 is 11.1 Å². The predicted molar refractivity (Wildman–Crippen MR) is 76.1 cm³/mol. The van der Waals surface area contributed by atoms with Crippen molar-refractivity contribution in [1.29, 1.82) is 0 Å². The zero-order valence-electron chi connectivity index (χ0n) is 10.4. The van der Waals surface area contributed by atoms with Crippen LogP contribution in [0.5, 0.6) is 0 Å². The number of nitrogen functional groups attached to an aromatic ring is 1. The van der Waals surface area contributed by atoms with Crippen LogP contribution in [0.2, 0.25) is 0 Å². The third kappa shape index (κ3) is 2.29. The number of carbonyl (C=O) groups excluding carboxylic acids is 1. The molecule has 0 aliphatic rings. The molecule has 8 heteroatoms. The van der Waals surface area contributed by atoms with Crippen LogP contribution in [0.25, 0.3) is 10.2 Å². The molecule has 0 aliphatic heterocycles. The van der Waals surface area contributed by atoms with Crippen LogP contribution in [0.15, 0.2) is 30.5 Å². The van der Waals surface area contributed by atoms with Crippen molar-refractivity contribution in [2.45, 2.75) is 0 Å². The van der Waals surface area contributed by atoms with Gasteiger partial charge in [-0.1, -0.05) is 6.07 Å². The van der Waals surface area contributed by atoms with Gasteiger partial charge in [-0.25, -0.2) is 8.78 Å². The summed E-state index contributed by atoms with van der Waals surface area (Å²) < 4.78 is 27.1. The summed E-state index contributed by atoms with van der Waals surface area (Å²) in [6.45, 7) is 0. The molecule has 3 N–H and O–H groups in total. The summed E-state index contributed by atoms with van der Waals surface area (Å²) in [4.78, 5) is 12.8. The molecular formula is C13H8F2N4OS. The van der Waals surface area contributed by atoms with Crippen LogP contribution in [0.1, 0.15) is 9.67 Å². The van der Waals surface area contributed by atoms with Gasteiger partial charge in [0.15, 0.2) is 0 Å². The van der Waals surface area contributed by atoms with E-state index < -0.39 is 23.2 Å². The normalized spacial score (nSPS) is 10.8. The van der Waals surface area contributed by atoms with E-state index in [9.17, 15) is 13.6 Å². The Morgan fingerprint density at radius 3 is 2.62 bits per heavy atom. The average molecular weight is 306 g/mol. The van der Waals surface area contributed by atoms with Crippen molar-refractivity contribution >= 4 is 38.8 Å². The molecule has 0 unspecified atom stereocenters. The Hall–Kier alpha value is -2.61. The second-order valence-corrected chi connectivity index (χ2v) is 5.14. The van der Waals surface area contributed by atoms with Crippen molar-refractivity contribution in [1.82, 2.24) is 10.2 Å². The Morgan fingerprint density at radius 1 is 1.24 bits per heavy atom. The van der Waals surface area contributed by atoms with Crippen molar-refractivity contribution in [3.8, 4) is 0 Å². The van der Waals surface area contributed by atoms with Crippen molar-refractivity contribution in [2.75, 3.05) is 11.1 Å². The molecule has 1 amide bonds. The number of nitrogens with two attached hydrogens (primary N) is 1. The van der Waals surface area contributed by atoms with Crippen LogP contribution < -0.4 is 11.1 Å². The third-order valence-corrected chi connectivity index (χ3v) is 3.93. The molecule has 2 heterocycles. The molecule has 0 saturated heterocycles.